The molecule has 29 heavy (non-hydrogen) atoms. The molecule has 0 fully saturated rings. The molecule has 0 spiro atoms. The molecule has 9 heteroatoms. The lowest BCUT2D eigenvalue weighted by Gasteiger charge is -2.36. The Hall–Kier alpha value is -3.30. The zero-order valence-corrected chi connectivity index (χ0v) is 16.2. The number of anilines is 1. The van der Waals surface area contributed by atoms with Crippen molar-refractivity contribution in [3.63, 3.8) is 0 Å². The first kappa shape index (κ1) is 20.4. The number of carbonyl (C=O) groups is 1. The van der Waals surface area contributed by atoms with Gasteiger partial charge in [0.2, 0.25) is 5.91 Å². The quantitative estimate of drug-likeness (QED) is 0.362. The first-order chi connectivity index (χ1) is 13.8. The largest absolute Gasteiger partial charge is 0.755 e. The van der Waals surface area contributed by atoms with Crippen LogP contribution in [0.3, 0.4) is 0 Å². The highest BCUT2D eigenvalue weighted by molar-refractivity contribution is 7.80. The van der Waals surface area contributed by atoms with Gasteiger partial charge in [0.25, 0.3) is 5.69 Å². The number of hydrogen-bond acceptors (Lipinski definition) is 5. The Kier molecular flexibility index (Phi) is 5.90. The van der Waals surface area contributed by atoms with Gasteiger partial charge in [0.05, 0.1) is 10.6 Å². The molecule has 0 aromatic heterocycles. The Labute approximate surface area is 169 Å². The van der Waals surface area contributed by atoms with E-state index in [2.05, 4.69) is 0 Å². The van der Waals surface area contributed by atoms with Crippen molar-refractivity contribution >= 4 is 39.3 Å². The fourth-order valence-corrected chi connectivity index (χ4v) is 4.16. The number of nitro benzene ring substituents is 1. The predicted octanol–water partition coefficient (Wildman–Crippen LogP) is 3.01. The lowest BCUT2D eigenvalue weighted by molar-refractivity contribution is -0.384. The third-order valence-electron chi connectivity index (χ3n) is 4.81. The lowest BCUT2D eigenvalue weighted by Crippen LogP contribution is -2.49. The van der Waals surface area contributed by atoms with Crippen LogP contribution in [0.2, 0.25) is 0 Å². The minimum Gasteiger partial charge on any atom is -0.755 e. The Morgan fingerprint density at radius 3 is 2.28 bits per heavy atom. The van der Waals surface area contributed by atoms with E-state index in [4.69, 9.17) is 5.73 Å². The zero-order valence-electron chi connectivity index (χ0n) is 15.4. The fourth-order valence-electron chi connectivity index (χ4n) is 3.37. The van der Waals surface area contributed by atoms with E-state index in [0.717, 1.165) is 9.69 Å². The van der Waals surface area contributed by atoms with Crippen molar-refractivity contribution in [1.29, 1.82) is 0 Å². The Morgan fingerprint density at radius 1 is 1.07 bits per heavy atom. The average molecular weight is 412 g/mol. The van der Waals surface area contributed by atoms with E-state index in [-0.39, 0.29) is 5.69 Å². The smallest absolute Gasteiger partial charge is 0.269 e. The van der Waals surface area contributed by atoms with Gasteiger partial charge in [-0.25, -0.2) is 0 Å². The van der Waals surface area contributed by atoms with E-state index in [1.807, 2.05) is 18.2 Å². The summed E-state index contributed by atoms with van der Waals surface area (Å²) in [5, 5.41) is 12.3. The maximum Gasteiger partial charge on any atom is 0.269 e. The number of primary amides is 1. The fraction of sp³-hybridized carbons (Fsp3) is 0.150. The second-order valence-corrected chi connectivity index (χ2v) is 7.35. The van der Waals surface area contributed by atoms with Crippen LogP contribution in [0.15, 0.2) is 66.7 Å². The number of nitrogens with zero attached hydrogens (tertiary/aromatic N) is 2. The molecule has 0 aliphatic rings. The minimum atomic E-state index is -2.79. The van der Waals surface area contributed by atoms with Crippen molar-refractivity contribution < 1.29 is 18.5 Å². The van der Waals surface area contributed by atoms with Gasteiger partial charge in [-0.2, -0.15) is 0 Å². The number of carbonyl (C=O) groups excluding carboxylic acids is 1. The molecule has 0 saturated heterocycles. The summed E-state index contributed by atoms with van der Waals surface area (Å²) in [7, 11) is 0. The summed E-state index contributed by atoms with van der Waals surface area (Å²) in [6, 6.07) is 16.7. The molecule has 8 nitrogen and oxygen atoms in total. The number of non-ortho nitro benzene ring substituents is 1. The molecule has 3 atom stereocenters. The Bertz CT molecular complexity index is 1080. The standard InChI is InChI=1S/C20H19N3O5S/c1-13(14-9-11-16(12-10-14)23(25)26)19(20(21)24)22(29(27)28)18-8-4-6-15-5-2-3-7-17(15)18/h2-13,19H,1H3,(H2,21,24)(H,27,28)/p-1. The van der Waals surface area contributed by atoms with Gasteiger partial charge in [-0.3, -0.25) is 23.4 Å². The summed E-state index contributed by atoms with van der Waals surface area (Å²) < 4.78 is 25.4. The topological polar surface area (TPSA) is 130 Å². The summed E-state index contributed by atoms with van der Waals surface area (Å²) in [6.45, 7) is 1.65. The van der Waals surface area contributed by atoms with E-state index < -0.39 is 34.1 Å². The second-order valence-electron chi connectivity index (χ2n) is 6.53. The summed E-state index contributed by atoms with van der Waals surface area (Å²) >= 11 is -2.79. The molecule has 3 aromatic carbocycles. The molecule has 2 N–H and O–H groups in total. The van der Waals surface area contributed by atoms with Crippen LogP contribution >= 0.6 is 0 Å². The molecule has 0 aliphatic heterocycles. The molecule has 3 rings (SSSR count). The van der Waals surface area contributed by atoms with Crippen LogP contribution in [0.5, 0.6) is 0 Å². The van der Waals surface area contributed by atoms with Crippen LogP contribution in [0.25, 0.3) is 10.8 Å². The van der Waals surface area contributed by atoms with Crippen LogP contribution < -0.4 is 10.0 Å². The van der Waals surface area contributed by atoms with Crippen molar-refractivity contribution in [3.05, 3.63) is 82.4 Å². The van der Waals surface area contributed by atoms with Gasteiger partial charge in [-0.1, -0.05) is 55.5 Å². The number of nitrogens with two attached hydrogens (primary N) is 1. The highest BCUT2D eigenvalue weighted by Gasteiger charge is 2.33. The molecule has 0 heterocycles. The zero-order chi connectivity index (χ0) is 21.1. The monoisotopic (exact) mass is 412 g/mol. The van der Waals surface area contributed by atoms with Crippen LogP contribution in [0, 0.1) is 10.1 Å². The second kappa shape index (κ2) is 8.38. The van der Waals surface area contributed by atoms with Gasteiger partial charge in [-0.15, -0.1) is 0 Å². The van der Waals surface area contributed by atoms with Gasteiger partial charge in [0, 0.05) is 34.7 Å². The summed E-state index contributed by atoms with van der Waals surface area (Å²) in [5.41, 5.74) is 6.39. The minimum absolute atomic E-state index is 0.102. The molecule has 3 aromatic rings. The highest BCUT2D eigenvalue weighted by atomic mass is 32.2. The maximum atomic E-state index is 12.3. The Balaban J connectivity index is 2.10. The van der Waals surface area contributed by atoms with Crippen molar-refractivity contribution in [1.82, 2.24) is 0 Å². The number of benzene rings is 3. The SMILES string of the molecule is CC(c1ccc([N+](=O)[O-])cc1)C(C(N)=O)N(c1cccc2ccccc12)S(=O)[O-]. The third kappa shape index (κ3) is 4.10. The van der Waals surface area contributed by atoms with Gasteiger partial charge in [0.1, 0.15) is 6.04 Å². The molecule has 1 amide bonds. The third-order valence-corrected chi connectivity index (χ3v) is 5.56. The lowest BCUT2D eigenvalue weighted by atomic mass is 9.92. The van der Waals surface area contributed by atoms with Gasteiger partial charge < -0.3 is 10.3 Å². The average Bonchev–Trinajstić information content (AvgIpc) is 2.70. The number of hydrogen-bond donors (Lipinski definition) is 1. The van der Waals surface area contributed by atoms with Crippen LogP contribution in [0.4, 0.5) is 11.4 Å². The maximum absolute atomic E-state index is 12.3. The van der Waals surface area contributed by atoms with Crippen molar-refractivity contribution in [2.24, 2.45) is 5.73 Å². The summed E-state index contributed by atoms with van der Waals surface area (Å²) in [5.74, 6) is -1.47. The van der Waals surface area contributed by atoms with Crippen LogP contribution in [-0.4, -0.2) is 25.6 Å². The number of fused-ring (bicyclic) bond motifs is 1. The van der Waals surface area contributed by atoms with Gasteiger partial charge in [-0.05, 0) is 17.0 Å². The number of amides is 1. The van der Waals surface area contributed by atoms with E-state index >= 15 is 0 Å². The first-order valence-corrected chi connectivity index (χ1v) is 9.74. The predicted molar refractivity (Wildman–Crippen MR) is 110 cm³/mol. The summed E-state index contributed by atoms with van der Waals surface area (Å²) in [6.07, 6.45) is 0. The van der Waals surface area contributed by atoms with E-state index in [1.54, 1.807) is 31.2 Å². The first-order valence-electron chi connectivity index (χ1n) is 8.71. The molecular formula is C20H18N3O5S-. The number of rotatable bonds is 7. The molecule has 0 bridgehead atoms. The van der Waals surface area contributed by atoms with E-state index in [9.17, 15) is 23.7 Å². The van der Waals surface area contributed by atoms with Gasteiger partial charge >= 0.3 is 0 Å². The van der Waals surface area contributed by atoms with Crippen LogP contribution in [0.1, 0.15) is 18.4 Å². The molecule has 0 saturated carbocycles. The number of nitro groups is 1. The van der Waals surface area contributed by atoms with Crippen LogP contribution in [-0.2, 0) is 16.1 Å². The summed E-state index contributed by atoms with van der Waals surface area (Å²) in [4.78, 5) is 22.7. The molecule has 0 radical (unpaired) electrons. The molecule has 3 unspecified atom stereocenters. The van der Waals surface area contributed by atoms with E-state index in [0.29, 0.717) is 16.6 Å². The molecule has 0 aliphatic carbocycles. The molecular weight excluding hydrogens is 394 g/mol. The Morgan fingerprint density at radius 2 is 1.69 bits per heavy atom. The van der Waals surface area contributed by atoms with Crippen molar-refractivity contribution in [2.45, 2.75) is 18.9 Å². The highest BCUT2D eigenvalue weighted by Crippen LogP contribution is 2.33. The molecule has 150 valence electrons. The van der Waals surface area contributed by atoms with E-state index in [1.165, 1.54) is 24.3 Å². The normalized spacial score (nSPS) is 14.1. The van der Waals surface area contributed by atoms with Crippen molar-refractivity contribution in [2.75, 3.05) is 4.31 Å². The van der Waals surface area contributed by atoms with Crippen molar-refractivity contribution in [3.8, 4) is 0 Å². The van der Waals surface area contributed by atoms with Gasteiger partial charge in [0.15, 0.2) is 0 Å².